The number of aromatic nitrogens is 2. The van der Waals surface area contributed by atoms with Gasteiger partial charge in [-0.1, -0.05) is 226 Å². The summed E-state index contributed by atoms with van der Waals surface area (Å²) >= 11 is 33.5. The fourth-order valence-corrected chi connectivity index (χ4v) is 19.7. The van der Waals surface area contributed by atoms with Crippen LogP contribution in [0.15, 0.2) is 405 Å². The van der Waals surface area contributed by atoms with E-state index in [9.17, 15) is 75.2 Å². The van der Waals surface area contributed by atoms with Crippen molar-refractivity contribution in [3.63, 3.8) is 0 Å². The summed E-state index contributed by atoms with van der Waals surface area (Å²) < 4.78 is 160. The minimum Gasteiger partial charge on any atom is -0.497 e. The van der Waals surface area contributed by atoms with Crippen molar-refractivity contribution >= 4 is 193 Å². The van der Waals surface area contributed by atoms with Crippen molar-refractivity contribution in [2.45, 2.75) is 31.4 Å². The van der Waals surface area contributed by atoms with Gasteiger partial charge in [0.05, 0.1) is 88.1 Å². The molecule has 0 unspecified atom stereocenters. The second-order valence-electron chi connectivity index (χ2n) is 29.5. The molecule has 1 amide bonds. The van der Waals surface area contributed by atoms with Gasteiger partial charge in [-0.15, -0.1) is 0 Å². The van der Waals surface area contributed by atoms with E-state index < -0.39 is 55.9 Å². The molecule has 0 aliphatic carbocycles. The lowest BCUT2D eigenvalue weighted by Crippen LogP contribution is -2.16. The molecule has 708 valence electrons. The maximum Gasteiger partial charge on any atom is 0.261 e. The number of nitrogens with one attached hydrogen (secondary N) is 6. The third-order valence-electron chi connectivity index (χ3n) is 19.8. The molecule has 0 aliphatic heterocycles. The molecule has 0 spiro atoms. The lowest BCUT2D eigenvalue weighted by atomic mass is 10.0. The number of hydrogen-bond acceptors (Lipinski definition) is 19. The molecule has 1 heterocycles. The van der Waals surface area contributed by atoms with E-state index in [1.165, 1.54) is 154 Å². The summed E-state index contributed by atoms with van der Waals surface area (Å²) in [5, 5.41) is 16.8. The molecular formula is C102H74BrCl5FN9O17S5. The van der Waals surface area contributed by atoms with E-state index in [1.54, 1.807) is 211 Å². The summed E-state index contributed by atoms with van der Waals surface area (Å²) in [6.45, 7) is 1.31. The van der Waals surface area contributed by atoms with E-state index in [0.717, 1.165) is 30.0 Å². The Bertz CT molecular complexity index is 7940. The number of ketones is 5. The SMILES string of the molecule is CC(=O)Nc1ccc(S(=O)(=O)Nc2ccc(Cl)cc2C(=O)c2ccccc2)cc1Cl.COc1ccc(S(=O)(=O)Nc2cc(Br)ccc2C(=O)c2ccccc2)cc1.N#Cc1ccc(S(=O)(=O)Nc2ccc(Cl)cc2C(=O)c2ccccc2)cc1.O=C(c1ccccc1)c1cc(Cl)ccc1NS(=O)(=O)c1ccc(-n2cccn2)cc1.O=C(c1ccccc1)c1cc(Cl)ccc1NS(=O)(=O)c1ccc(F)cc1. The summed E-state index contributed by atoms with van der Waals surface area (Å²) in [5.41, 5.74) is 4.94. The minimum atomic E-state index is -4.07. The molecule has 0 atom stereocenters. The van der Waals surface area contributed by atoms with Gasteiger partial charge < -0.3 is 10.1 Å². The Morgan fingerprint density at radius 2 is 0.643 bits per heavy atom. The third kappa shape index (κ3) is 27.8. The predicted molar refractivity (Wildman–Crippen MR) is 543 cm³/mol. The van der Waals surface area contributed by atoms with Crippen LogP contribution < -0.4 is 33.7 Å². The molecule has 0 radical (unpaired) electrons. The van der Waals surface area contributed by atoms with Crippen molar-refractivity contribution in [2.24, 2.45) is 0 Å². The topological polar surface area (TPSA) is 396 Å². The average molecular weight is 2130 g/mol. The number of sulfonamides is 5. The highest BCUT2D eigenvalue weighted by Gasteiger charge is 2.28. The van der Waals surface area contributed by atoms with Crippen LogP contribution in [-0.4, -0.2) is 93.8 Å². The normalized spacial score (nSPS) is 11.1. The van der Waals surface area contributed by atoms with Gasteiger partial charge in [0.15, 0.2) is 28.9 Å². The van der Waals surface area contributed by atoms with Gasteiger partial charge in [0.25, 0.3) is 50.1 Å². The largest absolute Gasteiger partial charge is 0.497 e. The van der Waals surface area contributed by atoms with E-state index in [0.29, 0.717) is 63.7 Å². The Morgan fingerprint density at radius 3 is 0.957 bits per heavy atom. The number of carbonyl (C=O) groups is 6. The molecule has 0 saturated heterocycles. The van der Waals surface area contributed by atoms with Gasteiger partial charge in [-0.05, 0) is 212 Å². The Hall–Kier alpha value is -14.8. The molecule has 6 N–H and O–H groups in total. The van der Waals surface area contributed by atoms with Crippen molar-refractivity contribution in [3.8, 4) is 17.5 Å². The van der Waals surface area contributed by atoms with Gasteiger partial charge in [0.1, 0.15) is 11.6 Å². The average Bonchev–Trinajstić information content (AvgIpc) is 0.861. The Labute approximate surface area is 838 Å². The van der Waals surface area contributed by atoms with Crippen molar-refractivity contribution < 1.29 is 80.0 Å². The predicted octanol–water partition coefficient (Wildman–Crippen LogP) is 22.8. The van der Waals surface area contributed by atoms with Crippen LogP contribution in [-0.2, 0) is 54.9 Å². The van der Waals surface area contributed by atoms with Crippen LogP contribution in [0, 0.1) is 17.1 Å². The highest BCUT2D eigenvalue weighted by Crippen LogP contribution is 2.35. The zero-order chi connectivity index (χ0) is 101. The maximum absolute atomic E-state index is 13.0. The van der Waals surface area contributed by atoms with E-state index in [-0.39, 0.29) is 126 Å². The van der Waals surface area contributed by atoms with Crippen LogP contribution >= 0.6 is 73.9 Å². The fraction of sp³-hybridized carbons (Fsp3) is 0.0196. The number of halogens is 7. The highest BCUT2D eigenvalue weighted by molar-refractivity contribution is 9.10. The summed E-state index contributed by atoms with van der Waals surface area (Å²) in [6.07, 6.45) is 3.40. The van der Waals surface area contributed by atoms with Gasteiger partial charge in [0.2, 0.25) is 5.91 Å². The number of anilines is 6. The number of nitrogens with zero attached hydrogens (tertiary/aromatic N) is 3. The maximum atomic E-state index is 13.0. The van der Waals surface area contributed by atoms with Crippen LogP contribution in [0.1, 0.15) is 92.1 Å². The molecule has 0 fully saturated rings. The van der Waals surface area contributed by atoms with Gasteiger partial charge in [-0.25, -0.2) is 51.2 Å². The van der Waals surface area contributed by atoms with Crippen molar-refractivity contribution in [1.29, 1.82) is 5.26 Å². The van der Waals surface area contributed by atoms with Crippen molar-refractivity contribution in [3.05, 3.63) is 473 Å². The van der Waals surface area contributed by atoms with Crippen LogP contribution in [0.5, 0.6) is 5.75 Å². The summed E-state index contributed by atoms with van der Waals surface area (Å²) in [6, 6.07) is 94.7. The number of nitriles is 1. The van der Waals surface area contributed by atoms with Crippen molar-refractivity contribution in [2.75, 3.05) is 36.0 Å². The zero-order valence-corrected chi connectivity index (χ0v) is 82.2. The molecule has 0 aliphatic rings. The van der Waals surface area contributed by atoms with Gasteiger partial charge in [-0.3, -0.25) is 52.4 Å². The molecular weight excluding hydrogens is 2060 g/mol. The molecule has 26 nitrogen and oxygen atoms in total. The number of rotatable bonds is 28. The van der Waals surface area contributed by atoms with Crippen LogP contribution in [0.4, 0.5) is 38.5 Å². The standard InChI is InChI=1S/C22H16ClN3O3S.C21H16Cl2N2O4S.C20H16BrNO4S.C20H13ClN2O3S.C19H13ClFNO3S/c23-17-7-12-21(20(15-17)22(27)16-5-2-1-3-6-16)25-30(28,29)19-10-8-18(9-11-19)26-14-4-13-24-26;1-13(26)24-20-10-8-16(12-18(20)23)30(28,29)25-19-9-7-15(22)11-17(19)21(27)14-5-3-2-4-6-14;1-26-16-8-10-17(11-9-16)27(24,25)22-19-13-15(21)7-12-18(19)20(23)14-5-3-2-4-6-14;21-16-8-11-19(18(12-16)20(24)15-4-2-1-3-5-15)23-27(25,26)17-9-6-14(13-22)7-10-17;20-14-6-11-18(17(12-14)19(23)13-4-2-1-3-5-13)22-26(24,25)16-9-7-15(21)8-10-16/h1-15,25H;2-12,25H,1H3,(H,24,26);2-13,22H,1H3;1-12,23H;1-12,22H. The first-order chi connectivity index (χ1) is 66.8. The second kappa shape index (κ2) is 47.1. The summed E-state index contributed by atoms with van der Waals surface area (Å²) in [4.78, 5) is 75.2. The first-order valence-electron chi connectivity index (χ1n) is 41.0. The van der Waals surface area contributed by atoms with Crippen LogP contribution in [0.2, 0.25) is 25.1 Å². The van der Waals surface area contributed by atoms with Gasteiger partial charge in [-0.2, -0.15) is 10.4 Å². The lowest BCUT2D eigenvalue weighted by molar-refractivity contribution is -0.114. The number of hydrogen-bond donors (Lipinski definition) is 6. The smallest absolute Gasteiger partial charge is 0.261 e. The molecule has 38 heteroatoms. The van der Waals surface area contributed by atoms with E-state index in [2.05, 4.69) is 50.0 Å². The fourth-order valence-electron chi connectivity index (χ4n) is 12.9. The first-order valence-corrected chi connectivity index (χ1v) is 51.1. The van der Waals surface area contributed by atoms with Gasteiger partial charge in [0, 0.05) is 99.5 Å². The number of carbonyl (C=O) groups excluding carboxylic acids is 6. The van der Waals surface area contributed by atoms with Crippen LogP contribution in [0.25, 0.3) is 5.69 Å². The molecule has 16 rings (SSSR count). The molecule has 1 aromatic heterocycles. The quantitative estimate of drug-likeness (QED) is 0.0248. The summed E-state index contributed by atoms with van der Waals surface area (Å²) in [5.74, 6) is -2.03. The van der Waals surface area contributed by atoms with E-state index in [4.69, 9.17) is 68.0 Å². The Balaban J connectivity index is 0.000000157. The van der Waals surface area contributed by atoms with E-state index in [1.807, 2.05) is 12.1 Å². The summed E-state index contributed by atoms with van der Waals surface area (Å²) in [7, 11) is -18.3. The zero-order valence-electron chi connectivity index (χ0n) is 72.8. The number of benzene rings is 15. The lowest BCUT2D eigenvalue weighted by Gasteiger charge is -2.14. The molecule has 15 aromatic carbocycles. The molecule has 140 heavy (non-hydrogen) atoms. The molecule has 0 bridgehead atoms. The monoisotopic (exact) mass is 2130 g/mol. The number of methoxy groups -OCH3 is 1. The molecule has 16 aromatic rings. The number of ether oxygens (including phenoxy) is 1. The minimum absolute atomic E-state index is 0.0189. The van der Waals surface area contributed by atoms with E-state index >= 15 is 0 Å². The van der Waals surface area contributed by atoms with Crippen molar-refractivity contribution in [1.82, 2.24) is 9.78 Å². The number of amides is 1. The van der Waals surface area contributed by atoms with Gasteiger partial charge >= 0.3 is 0 Å². The first kappa shape index (κ1) is 104. The third-order valence-corrected chi connectivity index (χ3v) is 28.4. The Kier molecular flexibility index (Phi) is 35.0. The molecule has 0 saturated carbocycles. The second-order valence-corrected chi connectivity index (χ2v) is 41.0. The highest BCUT2D eigenvalue weighted by atomic mass is 79.9. The Morgan fingerprint density at radius 1 is 0.343 bits per heavy atom. The van der Waals surface area contributed by atoms with Crippen LogP contribution in [0.3, 0.4) is 0 Å².